The summed E-state index contributed by atoms with van der Waals surface area (Å²) in [6, 6.07) is 0.953. The van der Waals surface area contributed by atoms with Gasteiger partial charge in [0.25, 0.3) is 5.91 Å². The summed E-state index contributed by atoms with van der Waals surface area (Å²) in [5.41, 5.74) is 3.40. The fourth-order valence-electron chi connectivity index (χ4n) is 3.68. The first-order valence-corrected chi connectivity index (χ1v) is 12.3. The Morgan fingerprint density at radius 2 is 1.58 bits per heavy atom. The average Bonchev–Trinajstić information content (AvgIpc) is 3.43. The normalized spacial score (nSPS) is 17.9. The molecule has 1 saturated carbocycles. The van der Waals surface area contributed by atoms with E-state index in [1.165, 1.54) is 0 Å². The molecule has 4 N–H and O–H groups in total. The summed E-state index contributed by atoms with van der Waals surface area (Å²) in [5.74, 6) is -1.44. The molecule has 2 aliphatic rings. The van der Waals surface area contributed by atoms with Gasteiger partial charge in [-0.2, -0.15) is 0 Å². The van der Waals surface area contributed by atoms with Crippen molar-refractivity contribution in [1.82, 2.24) is 16.2 Å². The van der Waals surface area contributed by atoms with Crippen molar-refractivity contribution < 1.29 is 28.2 Å². The fourth-order valence-corrected chi connectivity index (χ4v) is 4.05. The molecule has 1 atom stereocenters. The zero-order chi connectivity index (χ0) is 26.8. The molecule has 0 bridgehead atoms. The molecule has 10 nitrogen and oxygen atoms in total. The summed E-state index contributed by atoms with van der Waals surface area (Å²) in [6.07, 6.45) is 0.970. The molecule has 3 amide bonds. The Bertz CT molecular complexity index is 1020. The van der Waals surface area contributed by atoms with E-state index in [1.54, 1.807) is 46.4 Å². The van der Waals surface area contributed by atoms with Crippen molar-refractivity contribution in [3.63, 3.8) is 0 Å². The monoisotopic (exact) mass is 527 g/mol. The minimum Gasteiger partial charge on any atom is -0.444 e. The third-order valence-electron chi connectivity index (χ3n) is 5.27. The number of hydrazine groups is 1. The lowest BCUT2D eigenvalue weighted by atomic mass is 10.1. The number of nitrogens with zero attached hydrogens (tertiary/aromatic N) is 1. The first-order chi connectivity index (χ1) is 16.6. The van der Waals surface area contributed by atoms with Crippen LogP contribution in [0.2, 0.25) is 5.02 Å². The van der Waals surface area contributed by atoms with Gasteiger partial charge < -0.3 is 25.0 Å². The topological polar surface area (TPSA) is 121 Å². The molecule has 2 fully saturated rings. The maximum Gasteiger partial charge on any atom is 0.426 e. The van der Waals surface area contributed by atoms with Gasteiger partial charge in [0.15, 0.2) is 0 Å². The summed E-state index contributed by atoms with van der Waals surface area (Å²) in [5, 5.41) is 6.06. The molecule has 3 rings (SSSR count). The SMILES string of the molecule is CC(C)(C)OC(=O)NNC(=O)c1cc(F)c(N2CC[C@H](NC(=O)OC(C)(C)C)C2)c(Cl)c1NC1CC1. The predicted octanol–water partition coefficient (Wildman–Crippen LogP) is 4.33. The Balaban J connectivity index is 1.76. The fraction of sp³-hybridized carbons (Fsp3) is 0.625. The Morgan fingerprint density at radius 1 is 0.972 bits per heavy atom. The van der Waals surface area contributed by atoms with E-state index in [0.717, 1.165) is 18.9 Å². The van der Waals surface area contributed by atoms with Gasteiger partial charge in [0.1, 0.15) is 17.0 Å². The van der Waals surface area contributed by atoms with Gasteiger partial charge in [-0.05, 0) is 66.9 Å². The lowest BCUT2D eigenvalue weighted by Crippen LogP contribution is -2.44. The van der Waals surface area contributed by atoms with Crippen molar-refractivity contribution in [3.8, 4) is 0 Å². The zero-order valence-electron chi connectivity index (χ0n) is 21.5. The van der Waals surface area contributed by atoms with Crippen LogP contribution in [0.5, 0.6) is 0 Å². The molecular weight excluding hydrogens is 493 g/mol. The molecule has 12 heteroatoms. The quantitative estimate of drug-likeness (QED) is 0.421. The van der Waals surface area contributed by atoms with Gasteiger partial charge in [0, 0.05) is 19.1 Å². The van der Waals surface area contributed by atoms with Crippen LogP contribution < -0.4 is 26.4 Å². The molecule has 0 spiro atoms. The van der Waals surface area contributed by atoms with Crippen LogP contribution in [-0.2, 0) is 9.47 Å². The van der Waals surface area contributed by atoms with Crippen LogP contribution >= 0.6 is 11.6 Å². The molecule has 1 aliphatic heterocycles. The molecule has 0 radical (unpaired) electrons. The minimum absolute atomic E-state index is 0.0492. The average molecular weight is 528 g/mol. The van der Waals surface area contributed by atoms with Crippen molar-refractivity contribution >= 4 is 41.1 Å². The minimum atomic E-state index is -0.851. The molecule has 1 aromatic carbocycles. The number of carbonyl (C=O) groups is 3. The second-order valence-electron chi connectivity index (χ2n) is 11.0. The van der Waals surface area contributed by atoms with E-state index >= 15 is 4.39 Å². The number of hydrogen-bond donors (Lipinski definition) is 4. The smallest absolute Gasteiger partial charge is 0.426 e. The summed E-state index contributed by atoms with van der Waals surface area (Å²) in [7, 11) is 0. The summed E-state index contributed by atoms with van der Waals surface area (Å²) < 4.78 is 25.7. The van der Waals surface area contributed by atoms with Gasteiger partial charge in [-0.3, -0.25) is 10.2 Å². The van der Waals surface area contributed by atoms with Crippen LogP contribution in [0.1, 0.15) is 71.2 Å². The molecule has 0 aromatic heterocycles. The van der Waals surface area contributed by atoms with Crippen LogP contribution in [0.3, 0.4) is 0 Å². The molecule has 200 valence electrons. The number of carbonyl (C=O) groups excluding carboxylic acids is 3. The third-order valence-corrected chi connectivity index (χ3v) is 5.63. The molecule has 1 aromatic rings. The Morgan fingerprint density at radius 3 is 2.17 bits per heavy atom. The highest BCUT2D eigenvalue weighted by atomic mass is 35.5. The van der Waals surface area contributed by atoms with Gasteiger partial charge in [-0.25, -0.2) is 19.4 Å². The third kappa shape index (κ3) is 7.78. The number of anilines is 2. The molecule has 1 saturated heterocycles. The second kappa shape index (κ2) is 10.6. The lowest BCUT2D eigenvalue weighted by Gasteiger charge is -2.25. The van der Waals surface area contributed by atoms with E-state index in [2.05, 4.69) is 21.5 Å². The van der Waals surface area contributed by atoms with Crippen LogP contribution in [-0.4, -0.2) is 54.5 Å². The van der Waals surface area contributed by atoms with E-state index < -0.39 is 35.1 Å². The van der Waals surface area contributed by atoms with Gasteiger partial charge in [-0.15, -0.1) is 0 Å². The van der Waals surface area contributed by atoms with Gasteiger partial charge in [-0.1, -0.05) is 11.6 Å². The maximum absolute atomic E-state index is 15.3. The highest BCUT2D eigenvalue weighted by molar-refractivity contribution is 6.37. The largest absolute Gasteiger partial charge is 0.444 e. The summed E-state index contributed by atoms with van der Waals surface area (Å²) in [6.45, 7) is 11.2. The van der Waals surface area contributed by atoms with Crippen molar-refractivity contribution in [1.29, 1.82) is 0 Å². The van der Waals surface area contributed by atoms with E-state index in [4.69, 9.17) is 21.1 Å². The van der Waals surface area contributed by atoms with E-state index in [9.17, 15) is 14.4 Å². The van der Waals surface area contributed by atoms with Gasteiger partial charge in [0.2, 0.25) is 0 Å². The standard InChI is InChI=1S/C24H35ClFN5O5/c1-23(2,3)35-21(33)28-14-9-10-31(12-14)19-16(26)11-15(18(17(19)25)27-13-7-8-13)20(32)29-30-22(34)36-24(4,5)6/h11,13-14,27H,7-10,12H2,1-6H3,(H,28,33)(H,29,32)(H,30,34)/t14-/m0/s1. The lowest BCUT2D eigenvalue weighted by molar-refractivity contribution is 0.0480. The summed E-state index contributed by atoms with van der Waals surface area (Å²) in [4.78, 5) is 38.6. The Kier molecular flexibility index (Phi) is 8.12. The number of ether oxygens (including phenoxy) is 2. The molecule has 0 unspecified atom stereocenters. The first kappa shape index (κ1) is 27.6. The highest BCUT2D eigenvalue weighted by Crippen LogP contribution is 2.41. The van der Waals surface area contributed by atoms with Crippen molar-refractivity contribution in [2.75, 3.05) is 23.3 Å². The van der Waals surface area contributed by atoms with Crippen LogP contribution in [0.25, 0.3) is 0 Å². The van der Waals surface area contributed by atoms with Gasteiger partial charge >= 0.3 is 12.2 Å². The Hall–Kier alpha value is -2.95. The number of alkyl carbamates (subject to hydrolysis) is 1. The maximum atomic E-state index is 15.3. The predicted molar refractivity (Wildman–Crippen MR) is 135 cm³/mol. The number of rotatable bonds is 5. The van der Waals surface area contributed by atoms with Crippen LogP contribution in [0.15, 0.2) is 6.07 Å². The van der Waals surface area contributed by atoms with Crippen molar-refractivity contribution in [3.05, 3.63) is 22.5 Å². The van der Waals surface area contributed by atoms with Crippen LogP contribution in [0.4, 0.5) is 25.4 Å². The number of hydrogen-bond acceptors (Lipinski definition) is 7. The van der Waals surface area contributed by atoms with E-state index in [1.807, 2.05) is 0 Å². The Labute approximate surface area is 215 Å². The van der Waals surface area contributed by atoms with Crippen molar-refractivity contribution in [2.45, 2.75) is 84.1 Å². The van der Waals surface area contributed by atoms with Crippen molar-refractivity contribution in [2.24, 2.45) is 0 Å². The van der Waals surface area contributed by atoms with Gasteiger partial charge in [0.05, 0.1) is 28.0 Å². The number of nitrogens with one attached hydrogen (secondary N) is 4. The first-order valence-electron chi connectivity index (χ1n) is 12.0. The van der Waals surface area contributed by atoms with E-state index in [0.29, 0.717) is 19.5 Å². The second-order valence-corrected chi connectivity index (χ2v) is 11.4. The molecule has 36 heavy (non-hydrogen) atoms. The number of halogens is 2. The number of benzene rings is 1. The molecule has 1 aliphatic carbocycles. The molecule has 1 heterocycles. The van der Waals surface area contributed by atoms with Crippen LogP contribution in [0, 0.1) is 5.82 Å². The highest BCUT2D eigenvalue weighted by Gasteiger charge is 2.33. The number of amides is 3. The zero-order valence-corrected chi connectivity index (χ0v) is 22.3. The van der Waals surface area contributed by atoms with E-state index in [-0.39, 0.29) is 34.0 Å². The summed E-state index contributed by atoms with van der Waals surface area (Å²) >= 11 is 6.66. The molecular formula is C24H35ClFN5O5.